The van der Waals surface area contributed by atoms with Gasteiger partial charge in [-0.15, -0.1) is 0 Å². The highest BCUT2D eigenvalue weighted by Gasteiger charge is 2.16. The average molecular weight is 400 g/mol. The third-order valence-electron chi connectivity index (χ3n) is 3.04. The molecule has 7 heteroatoms. The standard InChI is InChI=1S/C16H13BrClFN2O2/c1-21(2)16(23)9-3-5-12(18)14(7-9)20-15(22)11-8-10(17)4-6-13(11)19/h3-8H,1-2H3,(H,20,22). The molecule has 0 heterocycles. The van der Waals surface area contributed by atoms with Gasteiger partial charge in [0.15, 0.2) is 0 Å². The molecule has 0 spiro atoms. The van der Waals surface area contributed by atoms with Crippen molar-refractivity contribution in [2.24, 2.45) is 0 Å². The van der Waals surface area contributed by atoms with Crippen LogP contribution in [-0.4, -0.2) is 30.8 Å². The van der Waals surface area contributed by atoms with Gasteiger partial charge in [-0.1, -0.05) is 27.5 Å². The van der Waals surface area contributed by atoms with Gasteiger partial charge < -0.3 is 10.2 Å². The first-order valence-electron chi connectivity index (χ1n) is 6.57. The molecule has 0 aliphatic carbocycles. The van der Waals surface area contributed by atoms with Crippen LogP contribution >= 0.6 is 27.5 Å². The Bertz CT molecular complexity index is 781. The Morgan fingerprint density at radius 2 is 1.87 bits per heavy atom. The van der Waals surface area contributed by atoms with Crippen LogP contribution < -0.4 is 5.32 Å². The molecule has 0 fully saturated rings. The maximum atomic E-state index is 13.8. The third kappa shape index (κ3) is 4.09. The fourth-order valence-corrected chi connectivity index (χ4v) is 2.40. The van der Waals surface area contributed by atoms with Gasteiger partial charge in [-0.2, -0.15) is 0 Å². The minimum absolute atomic E-state index is 0.125. The molecule has 23 heavy (non-hydrogen) atoms. The molecule has 2 amide bonds. The number of hydrogen-bond acceptors (Lipinski definition) is 2. The number of hydrogen-bond donors (Lipinski definition) is 1. The van der Waals surface area contributed by atoms with Crippen molar-refractivity contribution in [1.82, 2.24) is 4.90 Å². The Labute approximate surface area is 146 Å². The van der Waals surface area contributed by atoms with E-state index in [1.165, 1.54) is 35.2 Å². The lowest BCUT2D eigenvalue weighted by Gasteiger charge is -2.13. The highest BCUT2D eigenvalue weighted by Crippen LogP contribution is 2.25. The van der Waals surface area contributed by atoms with E-state index in [2.05, 4.69) is 21.2 Å². The van der Waals surface area contributed by atoms with Crippen LogP contribution in [-0.2, 0) is 0 Å². The van der Waals surface area contributed by atoms with Crippen molar-refractivity contribution in [3.63, 3.8) is 0 Å². The number of nitrogens with zero attached hydrogens (tertiary/aromatic N) is 1. The Hall–Kier alpha value is -1.92. The normalized spacial score (nSPS) is 10.3. The van der Waals surface area contributed by atoms with Crippen LogP contribution in [0, 0.1) is 5.82 Å². The van der Waals surface area contributed by atoms with Gasteiger partial charge in [-0.3, -0.25) is 9.59 Å². The summed E-state index contributed by atoms with van der Waals surface area (Å²) in [5.41, 5.74) is 0.480. The second-order valence-electron chi connectivity index (χ2n) is 4.97. The Morgan fingerprint density at radius 3 is 2.52 bits per heavy atom. The Balaban J connectivity index is 2.32. The largest absolute Gasteiger partial charge is 0.345 e. The first kappa shape index (κ1) is 17.4. The summed E-state index contributed by atoms with van der Waals surface area (Å²) in [6.07, 6.45) is 0. The van der Waals surface area contributed by atoms with E-state index in [0.29, 0.717) is 10.0 Å². The molecule has 0 saturated heterocycles. The van der Waals surface area contributed by atoms with E-state index in [1.54, 1.807) is 20.2 Å². The number of halogens is 3. The number of nitrogens with one attached hydrogen (secondary N) is 1. The van der Waals surface area contributed by atoms with Crippen LogP contribution in [0.5, 0.6) is 0 Å². The molecular formula is C16H13BrClFN2O2. The highest BCUT2D eigenvalue weighted by molar-refractivity contribution is 9.10. The fraction of sp³-hybridized carbons (Fsp3) is 0.125. The summed E-state index contributed by atoms with van der Waals surface area (Å²) in [6, 6.07) is 8.57. The molecule has 4 nitrogen and oxygen atoms in total. The van der Waals surface area contributed by atoms with Crippen molar-refractivity contribution < 1.29 is 14.0 Å². The van der Waals surface area contributed by atoms with Gasteiger partial charge in [-0.25, -0.2) is 4.39 Å². The maximum absolute atomic E-state index is 13.8. The second-order valence-corrected chi connectivity index (χ2v) is 6.30. The molecule has 0 aliphatic heterocycles. The molecule has 2 rings (SSSR count). The van der Waals surface area contributed by atoms with Gasteiger partial charge in [0.05, 0.1) is 16.3 Å². The molecule has 0 atom stereocenters. The summed E-state index contributed by atoms with van der Waals surface area (Å²) in [7, 11) is 3.23. The lowest BCUT2D eigenvalue weighted by Crippen LogP contribution is -2.22. The van der Waals surface area contributed by atoms with Crippen molar-refractivity contribution >= 4 is 45.0 Å². The van der Waals surface area contributed by atoms with Crippen molar-refractivity contribution in [1.29, 1.82) is 0 Å². The van der Waals surface area contributed by atoms with Crippen molar-refractivity contribution in [3.8, 4) is 0 Å². The summed E-state index contributed by atoms with van der Waals surface area (Å²) in [6.45, 7) is 0. The zero-order valence-corrected chi connectivity index (χ0v) is 14.7. The molecule has 0 aromatic heterocycles. The minimum Gasteiger partial charge on any atom is -0.345 e. The lowest BCUT2D eigenvalue weighted by molar-refractivity contribution is 0.0827. The van der Waals surface area contributed by atoms with E-state index in [-0.39, 0.29) is 22.2 Å². The van der Waals surface area contributed by atoms with E-state index >= 15 is 0 Å². The van der Waals surface area contributed by atoms with Gasteiger partial charge in [0.25, 0.3) is 11.8 Å². The number of carbonyl (C=O) groups is 2. The molecule has 0 aliphatic rings. The fourth-order valence-electron chi connectivity index (χ4n) is 1.87. The van der Waals surface area contributed by atoms with Crippen LogP contribution in [0.4, 0.5) is 10.1 Å². The quantitative estimate of drug-likeness (QED) is 0.841. The first-order chi connectivity index (χ1) is 10.8. The molecule has 2 aromatic rings. The van der Waals surface area contributed by atoms with Crippen LogP contribution in [0.2, 0.25) is 5.02 Å². The highest BCUT2D eigenvalue weighted by atomic mass is 79.9. The molecule has 2 aromatic carbocycles. The van der Waals surface area contributed by atoms with Crippen molar-refractivity contribution in [2.75, 3.05) is 19.4 Å². The summed E-state index contributed by atoms with van der Waals surface area (Å²) in [4.78, 5) is 25.6. The average Bonchev–Trinajstić information content (AvgIpc) is 2.50. The third-order valence-corrected chi connectivity index (χ3v) is 3.86. The summed E-state index contributed by atoms with van der Waals surface area (Å²) < 4.78 is 14.3. The lowest BCUT2D eigenvalue weighted by atomic mass is 10.1. The van der Waals surface area contributed by atoms with Crippen LogP contribution in [0.25, 0.3) is 0 Å². The van der Waals surface area contributed by atoms with Gasteiger partial charge >= 0.3 is 0 Å². The molecule has 120 valence electrons. The van der Waals surface area contributed by atoms with Gasteiger partial charge in [0.1, 0.15) is 5.82 Å². The Kier molecular flexibility index (Phi) is 5.38. The molecule has 0 saturated carbocycles. The second kappa shape index (κ2) is 7.10. The van der Waals surface area contributed by atoms with E-state index in [4.69, 9.17) is 11.6 Å². The van der Waals surface area contributed by atoms with Gasteiger partial charge in [0, 0.05) is 24.1 Å². The molecule has 0 radical (unpaired) electrons. The minimum atomic E-state index is -0.653. The number of carbonyl (C=O) groups excluding carboxylic acids is 2. The summed E-state index contributed by atoms with van der Waals surface area (Å²) in [5, 5.41) is 2.78. The summed E-state index contributed by atoms with van der Waals surface area (Å²) in [5.74, 6) is -1.53. The van der Waals surface area contributed by atoms with Crippen molar-refractivity contribution in [2.45, 2.75) is 0 Å². The van der Waals surface area contributed by atoms with E-state index < -0.39 is 11.7 Å². The smallest absolute Gasteiger partial charge is 0.258 e. The zero-order valence-electron chi connectivity index (χ0n) is 12.4. The number of anilines is 1. The van der Waals surface area contributed by atoms with E-state index in [9.17, 15) is 14.0 Å². The predicted octanol–water partition coefficient (Wildman–Crippen LogP) is 4.20. The number of benzene rings is 2. The van der Waals surface area contributed by atoms with E-state index in [0.717, 1.165) is 0 Å². The number of amides is 2. The SMILES string of the molecule is CN(C)C(=O)c1ccc(Cl)c(NC(=O)c2cc(Br)ccc2F)c1. The Morgan fingerprint density at radius 1 is 1.17 bits per heavy atom. The first-order valence-corrected chi connectivity index (χ1v) is 7.74. The topological polar surface area (TPSA) is 49.4 Å². The van der Waals surface area contributed by atoms with Gasteiger partial charge in [0.2, 0.25) is 0 Å². The maximum Gasteiger partial charge on any atom is 0.258 e. The molecule has 1 N–H and O–H groups in total. The molecule has 0 bridgehead atoms. The van der Waals surface area contributed by atoms with Gasteiger partial charge in [-0.05, 0) is 36.4 Å². The van der Waals surface area contributed by atoms with Crippen molar-refractivity contribution in [3.05, 3.63) is 62.8 Å². The zero-order chi connectivity index (χ0) is 17.1. The van der Waals surface area contributed by atoms with Crippen LogP contribution in [0.1, 0.15) is 20.7 Å². The molecular weight excluding hydrogens is 387 g/mol. The summed E-state index contributed by atoms with van der Waals surface area (Å²) >= 11 is 9.23. The van der Waals surface area contributed by atoms with E-state index in [1.807, 2.05) is 0 Å². The number of rotatable bonds is 3. The molecule has 0 unspecified atom stereocenters. The van der Waals surface area contributed by atoms with Crippen LogP contribution in [0.3, 0.4) is 0 Å². The monoisotopic (exact) mass is 398 g/mol. The predicted molar refractivity (Wildman–Crippen MR) is 91.5 cm³/mol. The van der Waals surface area contributed by atoms with Crippen LogP contribution in [0.15, 0.2) is 40.9 Å².